The molecule has 0 atom stereocenters. The summed E-state index contributed by atoms with van der Waals surface area (Å²) in [5, 5.41) is 13.0. The maximum Gasteiger partial charge on any atom is 0.308 e. The molecule has 1 aromatic carbocycles. The van der Waals surface area contributed by atoms with Gasteiger partial charge < -0.3 is 9.72 Å². The first-order chi connectivity index (χ1) is 12.4. The Morgan fingerprint density at radius 3 is 2.73 bits per heavy atom. The van der Waals surface area contributed by atoms with E-state index in [0.29, 0.717) is 11.9 Å². The molecule has 0 fully saturated rings. The molecular formula is C16H11F3N4O3. The molecule has 7 nitrogen and oxygen atoms in total. The van der Waals surface area contributed by atoms with E-state index in [1.165, 1.54) is 0 Å². The van der Waals surface area contributed by atoms with Crippen molar-refractivity contribution < 1.29 is 22.9 Å². The number of hydrogen-bond acceptors (Lipinski definition) is 4. The fourth-order valence-corrected chi connectivity index (χ4v) is 2.46. The van der Waals surface area contributed by atoms with Crippen LogP contribution < -0.4 is 5.32 Å². The minimum Gasteiger partial charge on any atom is -0.351 e. The fraction of sp³-hybridized carbons (Fsp3) is 0.125. The van der Waals surface area contributed by atoms with Crippen LogP contribution >= 0.6 is 0 Å². The summed E-state index contributed by atoms with van der Waals surface area (Å²) in [6.07, 6.45) is 3.69. The van der Waals surface area contributed by atoms with Crippen LogP contribution in [-0.2, 0) is 6.42 Å². The average Bonchev–Trinajstić information content (AvgIpc) is 3.03. The summed E-state index contributed by atoms with van der Waals surface area (Å²) in [5.41, 5.74) is -1.41. The van der Waals surface area contributed by atoms with E-state index < -0.39 is 39.5 Å². The number of nitrogens with one attached hydrogen (secondary N) is 1. The molecule has 134 valence electrons. The molecule has 0 radical (unpaired) electrons. The third-order valence-electron chi connectivity index (χ3n) is 3.72. The van der Waals surface area contributed by atoms with Crippen molar-refractivity contribution in [2.45, 2.75) is 6.42 Å². The van der Waals surface area contributed by atoms with Gasteiger partial charge in [-0.1, -0.05) is 6.07 Å². The SMILES string of the molecule is O=C(NCCc1ncc2ccccn12)c1cc([N+](=O)[O-])c(F)c(F)c1F. The number of carbonyl (C=O) groups is 1. The van der Waals surface area contributed by atoms with E-state index in [1.807, 2.05) is 12.1 Å². The molecule has 0 aliphatic heterocycles. The summed E-state index contributed by atoms with van der Waals surface area (Å²) < 4.78 is 42.3. The first kappa shape index (κ1) is 17.4. The van der Waals surface area contributed by atoms with Gasteiger partial charge in [-0.25, -0.2) is 13.8 Å². The summed E-state index contributed by atoms with van der Waals surface area (Å²) in [6.45, 7) is 0.0130. The Hall–Kier alpha value is -3.43. The Morgan fingerprint density at radius 1 is 1.23 bits per heavy atom. The summed E-state index contributed by atoms with van der Waals surface area (Å²) in [4.78, 5) is 25.6. The van der Waals surface area contributed by atoms with Gasteiger partial charge >= 0.3 is 5.69 Å². The standard InChI is InChI=1S/C16H11F3N4O3/c17-13-10(7-11(23(25)26)14(18)15(13)19)16(24)20-5-4-12-21-8-9-3-1-2-6-22(9)12/h1-3,6-8H,4-5H2,(H,20,24). The molecule has 0 bridgehead atoms. The number of halogens is 3. The quantitative estimate of drug-likeness (QED) is 0.428. The van der Waals surface area contributed by atoms with Crippen molar-refractivity contribution in [3.63, 3.8) is 0 Å². The zero-order valence-corrected chi connectivity index (χ0v) is 13.1. The topological polar surface area (TPSA) is 89.5 Å². The highest BCUT2D eigenvalue weighted by Crippen LogP contribution is 2.25. The first-order valence-corrected chi connectivity index (χ1v) is 7.41. The van der Waals surface area contributed by atoms with Gasteiger partial charge in [-0.2, -0.15) is 4.39 Å². The lowest BCUT2D eigenvalue weighted by molar-refractivity contribution is -0.387. The normalized spacial score (nSPS) is 10.9. The van der Waals surface area contributed by atoms with Crippen LogP contribution in [0, 0.1) is 27.6 Å². The zero-order chi connectivity index (χ0) is 18.8. The van der Waals surface area contributed by atoms with Crippen molar-refractivity contribution in [1.29, 1.82) is 0 Å². The number of pyridine rings is 1. The predicted molar refractivity (Wildman–Crippen MR) is 84.2 cm³/mol. The van der Waals surface area contributed by atoms with E-state index in [0.717, 1.165) is 5.52 Å². The summed E-state index contributed by atoms with van der Waals surface area (Å²) in [6, 6.07) is 5.84. The summed E-state index contributed by atoms with van der Waals surface area (Å²) in [5.74, 6) is -6.27. The highest BCUT2D eigenvalue weighted by Gasteiger charge is 2.28. The van der Waals surface area contributed by atoms with Gasteiger partial charge in [-0.05, 0) is 12.1 Å². The van der Waals surface area contributed by atoms with Crippen LogP contribution in [0.5, 0.6) is 0 Å². The fourth-order valence-electron chi connectivity index (χ4n) is 2.46. The number of hydrogen-bond donors (Lipinski definition) is 1. The van der Waals surface area contributed by atoms with Gasteiger partial charge in [0.15, 0.2) is 5.82 Å². The highest BCUT2D eigenvalue weighted by atomic mass is 19.2. The molecule has 10 heteroatoms. The van der Waals surface area contributed by atoms with E-state index in [2.05, 4.69) is 10.3 Å². The number of nitro benzene ring substituents is 1. The number of rotatable bonds is 5. The number of aromatic nitrogens is 2. The zero-order valence-electron chi connectivity index (χ0n) is 13.1. The Balaban J connectivity index is 1.75. The molecule has 3 rings (SSSR count). The maximum absolute atomic E-state index is 13.8. The van der Waals surface area contributed by atoms with Gasteiger partial charge in [0.05, 0.1) is 22.2 Å². The van der Waals surface area contributed by atoms with Crippen molar-refractivity contribution in [3.05, 3.63) is 75.6 Å². The number of imidazole rings is 1. The predicted octanol–water partition coefficient (Wildman–Crippen LogP) is 2.63. The number of amides is 1. The van der Waals surface area contributed by atoms with Crippen molar-refractivity contribution in [2.24, 2.45) is 0 Å². The van der Waals surface area contributed by atoms with Crippen LogP contribution in [0.3, 0.4) is 0 Å². The third kappa shape index (κ3) is 3.08. The van der Waals surface area contributed by atoms with Crippen molar-refractivity contribution in [3.8, 4) is 0 Å². The minimum absolute atomic E-state index is 0.0130. The Kier molecular flexibility index (Phi) is 4.57. The molecule has 0 saturated heterocycles. The lowest BCUT2D eigenvalue weighted by Gasteiger charge is -2.07. The number of nitro groups is 1. The Morgan fingerprint density at radius 2 is 2.00 bits per heavy atom. The molecular weight excluding hydrogens is 353 g/mol. The van der Waals surface area contributed by atoms with E-state index in [1.54, 1.807) is 22.9 Å². The molecule has 0 aliphatic rings. The van der Waals surface area contributed by atoms with Crippen LogP contribution in [-0.4, -0.2) is 26.8 Å². The van der Waals surface area contributed by atoms with E-state index >= 15 is 0 Å². The lowest BCUT2D eigenvalue weighted by atomic mass is 10.1. The molecule has 1 amide bonds. The van der Waals surface area contributed by atoms with Gasteiger partial charge in [0.1, 0.15) is 5.82 Å². The summed E-state index contributed by atoms with van der Waals surface area (Å²) in [7, 11) is 0. The molecule has 0 spiro atoms. The van der Waals surface area contributed by atoms with E-state index in [4.69, 9.17) is 0 Å². The number of benzene rings is 1. The van der Waals surface area contributed by atoms with Crippen LogP contribution in [0.2, 0.25) is 0 Å². The monoisotopic (exact) mass is 364 g/mol. The second kappa shape index (κ2) is 6.82. The molecule has 0 unspecified atom stereocenters. The van der Waals surface area contributed by atoms with Gasteiger partial charge in [0.25, 0.3) is 5.91 Å². The molecule has 1 N–H and O–H groups in total. The van der Waals surface area contributed by atoms with Gasteiger partial charge in [0.2, 0.25) is 11.6 Å². The largest absolute Gasteiger partial charge is 0.351 e. The second-order valence-corrected chi connectivity index (χ2v) is 5.32. The van der Waals surface area contributed by atoms with Crippen molar-refractivity contribution in [1.82, 2.24) is 14.7 Å². The Labute approximate surface area is 144 Å². The van der Waals surface area contributed by atoms with Gasteiger partial charge in [-0.3, -0.25) is 14.9 Å². The van der Waals surface area contributed by atoms with Crippen molar-refractivity contribution >= 4 is 17.1 Å². The number of carbonyl (C=O) groups excluding carboxylic acids is 1. The summed E-state index contributed by atoms with van der Waals surface area (Å²) >= 11 is 0. The van der Waals surface area contributed by atoms with Crippen LogP contribution in [0.25, 0.3) is 5.52 Å². The van der Waals surface area contributed by atoms with E-state index in [9.17, 15) is 28.1 Å². The number of nitrogens with zero attached hydrogens (tertiary/aromatic N) is 3. The van der Waals surface area contributed by atoms with Gasteiger partial charge in [0, 0.05) is 25.2 Å². The Bertz CT molecular complexity index is 1020. The van der Waals surface area contributed by atoms with Crippen LogP contribution in [0.1, 0.15) is 16.2 Å². The minimum atomic E-state index is -2.07. The smallest absolute Gasteiger partial charge is 0.308 e. The molecule has 2 aromatic heterocycles. The van der Waals surface area contributed by atoms with Gasteiger partial charge in [-0.15, -0.1) is 0 Å². The third-order valence-corrected chi connectivity index (χ3v) is 3.72. The van der Waals surface area contributed by atoms with E-state index in [-0.39, 0.29) is 13.0 Å². The van der Waals surface area contributed by atoms with Crippen LogP contribution in [0.4, 0.5) is 18.9 Å². The number of fused-ring (bicyclic) bond motifs is 1. The highest BCUT2D eigenvalue weighted by molar-refractivity contribution is 5.95. The molecule has 0 saturated carbocycles. The first-order valence-electron chi connectivity index (χ1n) is 7.41. The lowest BCUT2D eigenvalue weighted by Crippen LogP contribution is -2.27. The molecule has 2 heterocycles. The molecule has 3 aromatic rings. The molecule has 0 aliphatic carbocycles. The van der Waals surface area contributed by atoms with Crippen LogP contribution in [0.15, 0.2) is 36.7 Å². The molecule has 26 heavy (non-hydrogen) atoms. The maximum atomic E-state index is 13.8. The second-order valence-electron chi connectivity index (χ2n) is 5.32. The average molecular weight is 364 g/mol. The van der Waals surface area contributed by atoms with Crippen molar-refractivity contribution in [2.75, 3.05) is 6.54 Å².